The molecule has 0 saturated heterocycles. The Labute approximate surface area is 211 Å². The highest BCUT2D eigenvalue weighted by Crippen LogP contribution is 2.11. The van der Waals surface area contributed by atoms with Crippen molar-refractivity contribution in [2.24, 2.45) is 5.73 Å². The van der Waals surface area contributed by atoms with Crippen LogP contribution in [0.4, 0.5) is 0 Å². The highest BCUT2D eigenvalue weighted by atomic mass is 16.6. The molecule has 0 aromatic carbocycles. The molecule has 0 amide bonds. The molecule has 0 aromatic rings. The van der Waals surface area contributed by atoms with E-state index in [-0.39, 0.29) is 0 Å². The number of ether oxygens (including phenoxy) is 5. The van der Waals surface area contributed by atoms with Gasteiger partial charge in [-0.3, -0.25) is 0 Å². The Morgan fingerprint density at radius 3 is 1.21 bits per heavy atom. The summed E-state index contributed by atoms with van der Waals surface area (Å²) in [6.45, 7) is 9.00. The molecule has 0 saturated carbocycles. The summed E-state index contributed by atoms with van der Waals surface area (Å²) in [5.74, 6) is 0. The molecule has 0 unspecified atom stereocenters. The van der Waals surface area contributed by atoms with E-state index in [0.717, 1.165) is 13.0 Å². The van der Waals surface area contributed by atoms with Crippen LogP contribution in [0.3, 0.4) is 0 Å². The first-order valence-electron chi connectivity index (χ1n) is 14.2. The van der Waals surface area contributed by atoms with Crippen molar-refractivity contribution in [2.45, 2.75) is 96.8 Å². The highest BCUT2D eigenvalue weighted by Gasteiger charge is 1.94. The van der Waals surface area contributed by atoms with Gasteiger partial charge in [0.1, 0.15) is 0 Å². The van der Waals surface area contributed by atoms with Crippen LogP contribution in [0.2, 0.25) is 0 Å². The molecular weight excluding hydrogens is 430 g/mol. The minimum atomic E-state index is 0.547. The van der Waals surface area contributed by atoms with Gasteiger partial charge < -0.3 is 29.4 Å². The molecule has 0 atom stereocenters. The summed E-state index contributed by atoms with van der Waals surface area (Å²) in [6.07, 6.45) is 23.5. The topological polar surface area (TPSA) is 72.2 Å². The molecule has 0 bridgehead atoms. The average molecular weight is 488 g/mol. The maximum absolute atomic E-state index is 5.63. The molecule has 0 heterocycles. The SMILES string of the molecule is CCCCCCCCCCC/C=C/CCCCCOCCOCCOCCOCCOCCN. The van der Waals surface area contributed by atoms with Gasteiger partial charge in [0, 0.05) is 13.2 Å². The van der Waals surface area contributed by atoms with E-state index in [4.69, 9.17) is 29.4 Å². The van der Waals surface area contributed by atoms with Crippen LogP contribution in [0, 0.1) is 0 Å². The molecule has 0 radical (unpaired) electrons. The first-order chi connectivity index (χ1) is 16.9. The van der Waals surface area contributed by atoms with Crippen LogP contribution in [0.5, 0.6) is 0 Å². The van der Waals surface area contributed by atoms with Gasteiger partial charge in [0.2, 0.25) is 0 Å². The quantitative estimate of drug-likeness (QED) is 0.0980. The van der Waals surface area contributed by atoms with E-state index >= 15 is 0 Å². The summed E-state index contributed by atoms with van der Waals surface area (Å²) < 4.78 is 27.2. The van der Waals surface area contributed by atoms with Crippen LogP contribution in [-0.2, 0) is 23.7 Å². The Morgan fingerprint density at radius 1 is 0.412 bits per heavy atom. The average Bonchev–Trinajstić information content (AvgIpc) is 2.85. The Balaban J connectivity index is 3.06. The summed E-state index contributed by atoms with van der Waals surface area (Å²) >= 11 is 0. The molecule has 0 aromatic heterocycles. The van der Waals surface area contributed by atoms with Gasteiger partial charge in [0.05, 0.1) is 59.5 Å². The van der Waals surface area contributed by atoms with Crippen molar-refractivity contribution < 1.29 is 23.7 Å². The lowest BCUT2D eigenvalue weighted by Crippen LogP contribution is -2.14. The van der Waals surface area contributed by atoms with Gasteiger partial charge in [-0.2, -0.15) is 0 Å². The van der Waals surface area contributed by atoms with Crippen LogP contribution in [0.25, 0.3) is 0 Å². The monoisotopic (exact) mass is 487 g/mol. The largest absolute Gasteiger partial charge is 0.379 e. The Bertz CT molecular complexity index is 382. The van der Waals surface area contributed by atoms with Crippen LogP contribution < -0.4 is 5.73 Å². The van der Waals surface area contributed by atoms with E-state index in [1.54, 1.807) is 0 Å². The van der Waals surface area contributed by atoms with Gasteiger partial charge in [0.25, 0.3) is 0 Å². The van der Waals surface area contributed by atoms with Crippen molar-refractivity contribution in [1.29, 1.82) is 0 Å². The maximum Gasteiger partial charge on any atom is 0.0701 e. The number of rotatable bonds is 30. The van der Waals surface area contributed by atoms with E-state index in [2.05, 4.69) is 19.1 Å². The fraction of sp³-hybridized carbons (Fsp3) is 0.929. The molecule has 0 fully saturated rings. The van der Waals surface area contributed by atoms with E-state index < -0.39 is 0 Å². The number of nitrogens with two attached hydrogens (primary N) is 1. The van der Waals surface area contributed by atoms with Gasteiger partial charge in [-0.1, -0.05) is 76.9 Å². The van der Waals surface area contributed by atoms with Crippen molar-refractivity contribution in [1.82, 2.24) is 0 Å². The summed E-state index contributed by atoms with van der Waals surface area (Å²) in [5, 5.41) is 0. The predicted molar refractivity (Wildman–Crippen MR) is 143 cm³/mol. The molecular formula is C28H57NO5. The third-order valence-corrected chi connectivity index (χ3v) is 5.55. The minimum absolute atomic E-state index is 0.547. The number of hydrogen-bond acceptors (Lipinski definition) is 6. The standard InChI is InChI=1S/C28H57NO5/c1-2-3-4-5-6-7-8-9-10-11-12-13-14-15-16-17-19-30-21-23-32-25-27-34-28-26-33-24-22-31-20-18-29/h12-13H,2-11,14-29H2,1H3/b13-12+. The number of unbranched alkanes of at least 4 members (excludes halogenated alkanes) is 12. The van der Waals surface area contributed by atoms with Crippen LogP contribution in [-0.4, -0.2) is 72.6 Å². The lowest BCUT2D eigenvalue weighted by atomic mass is 10.1. The second-order valence-corrected chi connectivity index (χ2v) is 8.79. The number of hydrogen-bond donors (Lipinski definition) is 1. The molecule has 0 aliphatic heterocycles. The molecule has 6 heteroatoms. The van der Waals surface area contributed by atoms with Gasteiger partial charge in [-0.25, -0.2) is 0 Å². The zero-order valence-corrected chi connectivity index (χ0v) is 22.5. The first kappa shape index (κ1) is 33.5. The molecule has 0 rings (SSSR count). The molecule has 0 aliphatic rings. The highest BCUT2D eigenvalue weighted by molar-refractivity contribution is 4.81. The smallest absolute Gasteiger partial charge is 0.0701 e. The van der Waals surface area contributed by atoms with Gasteiger partial charge in [0.15, 0.2) is 0 Å². The zero-order chi connectivity index (χ0) is 24.6. The fourth-order valence-electron chi connectivity index (χ4n) is 3.52. The van der Waals surface area contributed by atoms with Crippen molar-refractivity contribution >= 4 is 0 Å². The van der Waals surface area contributed by atoms with Crippen molar-refractivity contribution in [3.8, 4) is 0 Å². The Kier molecular flexibility index (Phi) is 32.0. The number of allylic oxidation sites excluding steroid dienone is 2. The molecule has 204 valence electrons. The Hall–Kier alpha value is -0.500. The van der Waals surface area contributed by atoms with Crippen molar-refractivity contribution in [3.63, 3.8) is 0 Å². The van der Waals surface area contributed by atoms with E-state index in [1.807, 2.05) is 0 Å². The van der Waals surface area contributed by atoms with Crippen LogP contribution in [0.15, 0.2) is 12.2 Å². The summed E-state index contributed by atoms with van der Waals surface area (Å²) in [5.41, 5.74) is 5.33. The second-order valence-electron chi connectivity index (χ2n) is 8.79. The lowest BCUT2D eigenvalue weighted by Gasteiger charge is -2.07. The normalized spacial score (nSPS) is 11.7. The fourth-order valence-corrected chi connectivity index (χ4v) is 3.52. The van der Waals surface area contributed by atoms with E-state index in [0.29, 0.717) is 66.0 Å². The van der Waals surface area contributed by atoms with Gasteiger partial charge in [-0.15, -0.1) is 0 Å². The lowest BCUT2D eigenvalue weighted by molar-refractivity contribution is -0.0107. The third-order valence-electron chi connectivity index (χ3n) is 5.55. The molecule has 0 aliphatic carbocycles. The van der Waals surface area contributed by atoms with Gasteiger partial charge >= 0.3 is 0 Å². The third kappa shape index (κ3) is 31.5. The van der Waals surface area contributed by atoms with E-state index in [9.17, 15) is 0 Å². The van der Waals surface area contributed by atoms with Crippen molar-refractivity contribution in [3.05, 3.63) is 12.2 Å². The van der Waals surface area contributed by atoms with Crippen molar-refractivity contribution in [2.75, 3.05) is 72.6 Å². The summed E-state index contributed by atoms with van der Waals surface area (Å²) in [7, 11) is 0. The molecule has 34 heavy (non-hydrogen) atoms. The second kappa shape index (κ2) is 32.5. The van der Waals surface area contributed by atoms with Crippen LogP contribution in [0.1, 0.15) is 96.8 Å². The molecule has 2 N–H and O–H groups in total. The molecule has 0 spiro atoms. The van der Waals surface area contributed by atoms with Crippen LogP contribution >= 0.6 is 0 Å². The minimum Gasteiger partial charge on any atom is -0.379 e. The van der Waals surface area contributed by atoms with Gasteiger partial charge in [-0.05, 0) is 32.1 Å². The summed E-state index contributed by atoms with van der Waals surface area (Å²) in [4.78, 5) is 0. The van der Waals surface area contributed by atoms with E-state index in [1.165, 1.54) is 83.5 Å². The predicted octanol–water partition coefficient (Wildman–Crippen LogP) is 6.07. The first-order valence-corrected chi connectivity index (χ1v) is 14.2. The summed E-state index contributed by atoms with van der Waals surface area (Å²) in [6, 6.07) is 0. The molecule has 6 nitrogen and oxygen atoms in total. The Morgan fingerprint density at radius 2 is 0.765 bits per heavy atom. The maximum atomic E-state index is 5.63. The zero-order valence-electron chi connectivity index (χ0n) is 22.5.